The number of hydrogen-bond donors (Lipinski definition) is 1. The maximum Gasteiger partial charge on any atom is 0.273 e. The first-order valence-electron chi connectivity index (χ1n) is 11.3. The van der Waals surface area contributed by atoms with Gasteiger partial charge in [0.15, 0.2) is 0 Å². The molecule has 4 aromatic rings. The van der Waals surface area contributed by atoms with Crippen LogP contribution < -0.4 is 15.8 Å². The Kier molecular flexibility index (Phi) is 6.21. The Morgan fingerprint density at radius 2 is 1.76 bits per heavy atom. The fourth-order valence-electron chi connectivity index (χ4n) is 4.38. The summed E-state index contributed by atoms with van der Waals surface area (Å²) in [6.07, 6.45) is 1.72. The van der Waals surface area contributed by atoms with Crippen molar-refractivity contribution in [1.29, 1.82) is 0 Å². The van der Waals surface area contributed by atoms with E-state index in [0.29, 0.717) is 30.3 Å². The van der Waals surface area contributed by atoms with Gasteiger partial charge in [-0.15, -0.1) is 11.3 Å². The van der Waals surface area contributed by atoms with Gasteiger partial charge in [-0.1, -0.05) is 60.7 Å². The molecule has 0 bridgehead atoms. The van der Waals surface area contributed by atoms with Crippen LogP contribution in [0.1, 0.15) is 24.0 Å². The average Bonchev–Trinajstić information content (AvgIpc) is 3.35. The van der Waals surface area contributed by atoms with Gasteiger partial charge in [-0.25, -0.2) is 4.98 Å². The minimum atomic E-state index is -0.136. The number of thiophene rings is 1. The van der Waals surface area contributed by atoms with Crippen molar-refractivity contribution in [2.75, 3.05) is 18.0 Å². The summed E-state index contributed by atoms with van der Waals surface area (Å²) in [7, 11) is 0. The highest BCUT2D eigenvalue weighted by Crippen LogP contribution is 2.25. The standard InChI is InChI=1S/C26H26N4O2S/c31-24(27-16-19-8-3-1-4-9-19)21-12-7-14-29(18-21)26-28-22-13-15-33-23(22)25(32)30(26)17-20-10-5-2-6-11-20/h1-6,8-11,13,15,21H,7,12,14,16-18H2,(H,27,31). The van der Waals surface area contributed by atoms with E-state index in [0.717, 1.165) is 36.0 Å². The number of nitrogens with zero attached hydrogens (tertiary/aromatic N) is 3. The Morgan fingerprint density at radius 1 is 1.03 bits per heavy atom. The van der Waals surface area contributed by atoms with Gasteiger partial charge in [0.25, 0.3) is 5.56 Å². The van der Waals surface area contributed by atoms with Gasteiger partial charge in [0.2, 0.25) is 11.9 Å². The van der Waals surface area contributed by atoms with E-state index in [2.05, 4.69) is 10.2 Å². The molecule has 33 heavy (non-hydrogen) atoms. The summed E-state index contributed by atoms with van der Waals surface area (Å²) in [5.74, 6) is 0.565. The maximum absolute atomic E-state index is 13.4. The van der Waals surface area contributed by atoms with E-state index >= 15 is 0 Å². The van der Waals surface area contributed by atoms with E-state index in [1.807, 2.05) is 72.1 Å². The number of hydrogen-bond acceptors (Lipinski definition) is 5. The van der Waals surface area contributed by atoms with Crippen LogP contribution in [0, 0.1) is 5.92 Å². The summed E-state index contributed by atoms with van der Waals surface area (Å²) >= 11 is 1.43. The lowest BCUT2D eigenvalue weighted by atomic mass is 9.97. The highest BCUT2D eigenvalue weighted by atomic mass is 32.1. The van der Waals surface area contributed by atoms with Gasteiger partial charge < -0.3 is 10.2 Å². The lowest BCUT2D eigenvalue weighted by molar-refractivity contribution is -0.125. The molecule has 7 heteroatoms. The highest BCUT2D eigenvalue weighted by Gasteiger charge is 2.28. The number of nitrogens with one attached hydrogen (secondary N) is 1. The van der Waals surface area contributed by atoms with Crippen molar-refractivity contribution in [2.45, 2.75) is 25.9 Å². The van der Waals surface area contributed by atoms with Crippen LogP contribution in [0.4, 0.5) is 5.95 Å². The zero-order chi connectivity index (χ0) is 22.6. The number of amides is 1. The van der Waals surface area contributed by atoms with E-state index in [9.17, 15) is 9.59 Å². The molecular formula is C26H26N4O2S. The second-order valence-electron chi connectivity index (χ2n) is 8.41. The Bertz CT molecular complexity index is 1300. The fourth-order valence-corrected chi connectivity index (χ4v) is 5.16. The summed E-state index contributed by atoms with van der Waals surface area (Å²) in [4.78, 5) is 33.3. The quantitative estimate of drug-likeness (QED) is 0.474. The lowest BCUT2D eigenvalue weighted by Crippen LogP contribution is -2.45. The van der Waals surface area contributed by atoms with Gasteiger partial charge in [-0.05, 0) is 35.4 Å². The predicted molar refractivity (Wildman–Crippen MR) is 133 cm³/mol. The van der Waals surface area contributed by atoms with Gasteiger partial charge in [0.1, 0.15) is 4.70 Å². The van der Waals surface area contributed by atoms with Gasteiger partial charge in [-0.2, -0.15) is 0 Å². The Morgan fingerprint density at radius 3 is 2.52 bits per heavy atom. The molecule has 2 aromatic carbocycles. The van der Waals surface area contributed by atoms with Crippen molar-refractivity contribution in [3.8, 4) is 0 Å². The minimum absolute atomic E-state index is 0.0236. The largest absolute Gasteiger partial charge is 0.352 e. The molecule has 0 aliphatic carbocycles. The summed E-state index contributed by atoms with van der Waals surface area (Å²) in [5.41, 5.74) is 2.83. The molecule has 1 amide bonds. The number of carbonyl (C=O) groups excluding carboxylic acids is 1. The third-order valence-electron chi connectivity index (χ3n) is 6.11. The molecular weight excluding hydrogens is 432 g/mol. The first-order chi connectivity index (χ1) is 16.2. The molecule has 5 rings (SSSR count). The number of piperidine rings is 1. The maximum atomic E-state index is 13.4. The van der Waals surface area contributed by atoms with Gasteiger partial charge >= 0.3 is 0 Å². The van der Waals surface area contributed by atoms with Crippen LogP contribution in [0.5, 0.6) is 0 Å². The number of anilines is 1. The molecule has 0 saturated carbocycles. The number of carbonyl (C=O) groups is 1. The first kappa shape index (κ1) is 21.4. The van der Waals surface area contributed by atoms with Crippen molar-refractivity contribution in [1.82, 2.24) is 14.9 Å². The third-order valence-corrected chi connectivity index (χ3v) is 7.01. The van der Waals surface area contributed by atoms with Crippen LogP contribution in [0.3, 0.4) is 0 Å². The summed E-state index contributed by atoms with van der Waals surface area (Å²) < 4.78 is 2.43. The van der Waals surface area contributed by atoms with Crippen LogP contribution >= 0.6 is 11.3 Å². The molecule has 3 heterocycles. The number of rotatable bonds is 6. The van der Waals surface area contributed by atoms with Crippen molar-refractivity contribution in [3.63, 3.8) is 0 Å². The number of fused-ring (bicyclic) bond motifs is 1. The van der Waals surface area contributed by atoms with Gasteiger partial charge in [-0.3, -0.25) is 14.2 Å². The molecule has 6 nitrogen and oxygen atoms in total. The summed E-state index contributed by atoms with van der Waals surface area (Å²) in [6, 6.07) is 21.8. The monoisotopic (exact) mass is 458 g/mol. The van der Waals surface area contributed by atoms with E-state index in [4.69, 9.17) is 4.98 Å². The van der Waals surface area contributed by atoms with Gasteiger partial charge in [0, 0.05) is 19.6 Å². The summed E-state index contributed by atoms with van der Waals surface area (Å²) in [5, 5.41) is 4.99. The molecule has 1 aliphatic heterocycles. The summed E-state index contributed by atoms with van der Waals surface area (Å²) in [6.45, 7) is 2.31. The van der Waals surface area contributed by atoms with Crippen molar-refractivity contribution in [2.24, 2.45) is 5.92 Å². The van der Waals surface area contributed by atoms with Gasteiger partial charge in [0.05, 0.1) is 18.0 Å². The van der Waals surface area contributed by atoms with Crippen molar-refractivity contribution < 1.29 is 4.79 Å². The molecule has 0 radical (unpaired) electrons. The number of aromatic nitrogens is 2. The van der Waals surface area contributed by atoms with E-state index < -0.39 is 0 Å². The topological polar surface area (TPSA) is 67.2 Å². The SMILES string of the molecule is O=C(NCc1ccccc1)C1CCCN(c2nc3ccsc3c(=O)n2Cc2ccccc2)C1. The molecule has 2 aromatic heterocycles. The molecule has 1 atom stereocenters. The second kappa shape index (κ2) is 9.58. The van der Waals surface area contributed by atoms with E-state index in [1.165, 1.54) is 11.3 Å². The molecule has 1 saturated heterocycles. The molecule has 1 unspecified atom stereocenters. The number of benzene rings is 2. The van der Waals surface area contributed by atoms with Crippen LogP contribution in [-0.4, -0.2) is 28.5 Å². The lowest BCUT2D eigenvalue weighted by Gasteiger charge is -2.34. The van der Waals surface area contributed by atoms with E-state index in [-0.39, 0.29) is 17.4 Å². The predicted octanol–water partition coefficient (Wildman–Crippen LogP) is 4.04. The molecule has 1 fully saturated rings. The second-order valence-corrected chi connectivity index (χ2v) is 9.33. The Labute approximate surface area is 196 Å². The Balaban J connectivity index is 1.40. The Hall–Kier alpha value is -3.45. The highest BCUT2D eigenvalue weighted by molar-refractivity contribution is 7.17. The third kappa shape index (κ3) is 4.68. The normalized spacial score (nSPS) is 16.1. The molecule has 1 N–H and O–H groups in total. The molecule has 1 aliphatic rings. The van der Waals surface area contributed by atoms with Crippen molar-refractivity contribution >= 4 is 33.4 Å². The zero-order valence-corrected chi connectivity index (χ0v) is 19.1. The first-order valence-corrected chi connectivity index (χ1v) is 12.2. The van der Waals surface area contributed by atoms with Crippen LogP contribution in [-0.2, 0) is 17.9 Å². The van der Waals surface area contributed by atoms with E-state index in [1.54, 1.807) is 4.57 Å². The van der Waals surface area contributed by atoms with Crippen LogP contribution in [0.15, 0.2) is 76.9 Å². The molecule has 168 valence electrons. The van der Waals surface area contributed by atoms with Crippen molar-refractivity contribution in [3.05, 3.63) is 93.6 Å². The average molecular weight is 459 g/mol. The zero-order valence-electron chi connectivity index (χ0n) is 18.3. The minimum Gasteiger partial charge on any atom is -0.352 e. The fraction of sp³-hybridized carbons (Fsp3) is 0.269. The molecule has 0 spiro atoms. The smallest absolute Gasteiger partial charge is 0.273 e. The van der Waals surface area contributed by atoms with Crippen LogP contribution in [0.2, 0.25) is 0 Å². The van der Waals surface area contributed by atoms with Crippen LogP contribution in [0.25, 0.3) is 10.2 Å².